The highest BCUT2D eigenvalue weighted by Crippen LogP contribution is 2.21. The third-order valence-electron chi connectivity index (χ3n) is 3.53. The number of hydrogen-bond acceptors (Lipinski definition) is 5. The topological polar surface area (TPSA) is 116 Å². The van der Waals surface area contributed by atoms with Gasteiger partial charge in [-0.25, -0.2) is 13.2 Å². The molecule has 1 aliphatic heterocycles. The number of sulfonamides is 1. The van der Waals surface area contributed by atoms with E-state index in [4.69, 9.17) is 10.3 Å². The molecule has 2 rings (SSSR count). The third kappa shape index (κ3) is 4.85. The number of rotatable bonds is 3. The van der Waals surface area contributed by atoms with Crippen LogP contribution in [-0.4, -0.2) is 55.5 Å². The molecular weight excluding hydrogens is 346 g/mol. The molecule has 1 amide bonds. The lowest BCUT2D eigenvalue weighted by molar-refractivity contribution is 0.0192. The molecule has 0 atom stereocenters. The van der Waals surface area contributed by atoms with Crippen LogP contribution in [0.15, 0.2) is 34.3 Å². The summed E-state index contributed by atoms with van der Waals surface area (Å²) in [5.41, 5.74) is 8.14. The Bertz CT molecular complexity index is 771. The first-order valence-corrected chi connectivity index (χ1v) is 9.21. The second kappa shape index (κ2) is 7.30. The highest BCUT2D eigenvalue weighted by atomic mass is 32.2. The van der Waals surface area contributed by atoms with Crippen molar-refractivity contribution >= 4 is 21.8 Å². The highest BCUT2D eigenvalue weighted by molar-refractivity contribution is 7.89. The van der Waals surface area contributed by atoms with Crippen LogP contribution in [0.3, 0.4) is 0 Å². The van der Waals surface area contributed by atoms with Crippen molar-refractivity contribution in [3.05, 3.63) is 34.7 Å². The Morgan fingerprint density at radius 1 is 1.16 bits per heavy atom. The number of carbonyl (C=O) groups excluding carboxylic acids is 1. The number of nitrogens with zero attached hydrogens (tertiary/aromatic N) is 5. The molecule has 0 N–H and O–H groups in total. The number of azide groups is 1. The minimum atomic E-state index is -3.66. The average molecular weight is 367 g/mol. The first-order chi connectivity index (χ1) is 11.6. The summed E-state index contributed by atoms with van der Waals surface area (Å²) in [5.74, 6) is 0. The second-order valence-electron chi connectivity index (χ2n) is 6.55. The Balaban J connectivity index is 2.03. The van der Waals surface area contributed by atoms with E-state index < -0.39 is 21.7 Å². The number of amides is 1. The zero-order valence-corrected chi connectivity index (χ0v) is 15.2. The summed E-state index contributed by atoms with van der Waals surface area (Å²) in [6.45, 7) is 6.28. The van der Waals surface area contributed by atoms with Gasteiger partial charge in [0, 0.05) is 36.8 Å². The van der Waals surface area contributed by atoms with Crippen molar-refractivity contribution in [2.45, 2.75) is 31.3 Å². The van der Waals surface area contributed by atoms with E-state index in [1.165, 1.54) is 33.5 Å². The van der Waals surface area contributed by atoms with Crippen molar-refractivity contribution < 1.29 is 17.9 Å². The van der Waals surface area contributed by atoms with Gasteiger partial charge in [-0.2, -0.15) is 4.31 Å². The number of piperazine rings is 1. The van der Waals surface area contributed by atoms with Gasteiger partial charge in [-0.05, 0) is 38.4 Å². The van der Waals surface area contributed by atoms with E-state index in [2.05, 4.69) is 10.0 Å². The van der Waals surface area contributed by atoms with Gasteiger partial charge in [0.1, 0.15) is 5.60 Å². The van der Waals surface area contributed by atoms with Crippen LogP contribution < -0.4 is 0 Å². The molecular formula is C15H21N5O4S. The molecule has 10 heteroatoms. The first-order valence-electron chi connectivity index (χ1n) is 7.77. The molecule has 0 bridgehead atoms. The fourth-order valence-corrected chi connectivity index (χ4v) is 3.75. The molecule has 1 saturated heterocycles. The zero-order chi connectivity index (χ0) is 18.7. The molecule has 1 aromatic carbocycles. The lowest BCUT2D eigenvalue weighted by Crippen LogP contribution is -2.51. The minimum Gasteiger partial charge on any atom is -0.444 e. The quantitative estimate of drug-likeness (QED) is 0.464. The summed E-state index contributed by atoms with van der Waals surface area (Å²) >= 11 is 0. The predicted octanol–water partition coefficient (Wildman–Crippen LogP) is 2.87. The maximum atomic E-state index is 12.6. The Morgan fingerprint density at radius 2 is 1.72 bits per heavy atom. The summed E-state index contributed by atoms with van der Waals surface area (Å²) in [4.78, 5) is 16.3. The van der Waals surface area contributed by atoms with Crippen LogP contribution in [0.1, 0.15) is 20.8 Å². The largest absolute Gasteiger partial charge is 0.444 e. The molecule has 25 heavy (non-hydrogen) atoms. The van der Waals surface area contributed by atoms with Crippen LogP contribution in [0.4, 0.5) is 10.5 Å². The van der Waals surface area contributed by atoms with Crippen LogP contribution in [0.25, 0.3) is 10.4 Å². The van der Waals surface area contributed by atoms with E-state index in [9.17, 15) is 13.2 Å². The van der Waals surface area contributed by atoms with Crippen molar-refractivity contribution in [3.8, 4) is 0 Å². The van der Waals surface area contributed by atoms with Gasteiger partial charge in [-0.1, -0.05) is 17.2 Å². The van der Waals surface area contributed by atoms with Crippen LogP contribution in [0.2, 0.25) is 0 Å². The summed E-state index contributed by atoms with van der Waals surface area (Å²) in [6.07, 6.45) is -0.441. The monoisotopic (exact) mass is 367 g/mol. The van der Waals surface area contributed by atoms with E-state index in [0.717, 1.165) is 0 Å². The van der Waals surface area contributed by atoms with E-state index in [0.29, 0.717) is 5.69 Å². The van der Waals surface area contributed by atoms with Gasteiger partial charge in [0.05, 0.1) is 4.90 Å². The van der Waals surface area contributed by atoms with Crippen molar-refractivity contribution in [2.24, 2.45) is 5.11 Å². The van der Waals surface area contributed by atoms with E-state index in [1.54, 1.807) is 20.8 Å². The van der Waals surface area contributed by atoms with Gasteiger partial charge in [-0.15, -0.1) is 0 Å². The minimum absolute atomic E-state index is 0.120. The molecule has 0 aromatic heterocycles. The Morgan fingerprint density at radius 3 is 2.20 bits per heavy atom. The SMILES string of the molecule is CC(C)(C)OC(=O)N1CCN(S(=O)(=O)c2ccc(N=[N+]=[N-])cc2)CC1. The fourth-order valence-electron chi connectivity index (χ4n) is 2.32. The standard InChI is InChI=1S/C15H21N5O4S/c1-15(2,3)24-14(21)19-8-10-20(11-9-19)25(22,23)13-6-4-12(5-7-13)17-18-16/h4-7H,8-11H2,1-3H3. The fraction of sp³-hybridized carbons (Fsp3) is 0.533. The predicted molar refractivity (Wildman–Crippen MR) is 91.8 cm³/mol. The van der Waals surface area contributed by atoms with Crippen LogP contribution in [-0.2, 0) is 14.8 Å². The average Bonchev–Trinajstić information content (AvgIpc) is 2.54. The Kier molecular flexibility index (Phi) is 5.56. The molecule has 1 aliphatic rings. The normalized spacial score (nSPS) is 16.2. The van der Waals surface area contributed by atoms with Gasteiger partial charge < -0.3 is 9.64 Å². The highest BCUT2D eigenvalue weighted by Gasteiger charge is 2.31. The van der Waals surface area contributed by atoms with E-state index in [1.807, 2.05) is 0 Å². The molecule has 9 nitrogen and oxygen atoms in total. The number of ether oxygens (including phenoxy) is 1. The maximum Gasteiger partial charge on any atom is 0.410 e. The summed E-state index contributed by atoms with van der Waals surface area (Å²) in [7, 11) is -3.66. The molecule has 1 aromatic rings. The van der Waals surface area contributed by atoms with E-state index >= 15 is 0 Å². The molecule has 0 saturated carbocycles. The lowest BCUT2D eigenvalue weighted by Gasteiger charge is -2.34. The van der Waals surface area contributed by atoms with Crippen molar-refractivity contribution in [2.75, 3.05) is 26.2 Å². The van der Waals surface area contributed by atoms with E-state index in [-0.39, 0.29) is 31.1 Å². The lowest BCUT2D eigenvalue weighted by atomic mass is 10.2. The smallest absolute Gasteiger partial charge is 0.410 e. The maximum absolute atomic E-state index is 12.6. The summed E-state index contributed by atoms with van der Waals surface area (Å²) < 4.78 is 31.9. The zero-order valence-electron chi connectivity index (χ0n) is 14.4. The van der Waals surface area contributed by atoms with Gasteiger partial charge in [0.15, 0.2) is 0 Å². The second-order valence-corrected chi connectivity index (χ2v) is 8.49. The van der Waals surface area contributed by atoms with Crippen molar-refractivity contribution in [3.63, 3.8) is 0 Å². The van der Waals surface area contributed by atoms with Crippen molar-refractivity contribution in [1.82, 2.24) is 9.21 Å². The van der Waals surface area contributed by atoms with Crippen LogP contribution in [0, 0.1) is 0 Å². The molecule has 0 spiro atoms. The third-order valence-corrected chi connectivity index (χ3v) is 5.44. The van der Waals surface area contributed by atoms with Crippen LogP contribution >= 0.6 is 0 Å². The molecule has 136 valence electrons. The van der Waals surface area contributed by atoms with Crippen LogP contribution in [0.5, 0.6) is 0 Å². The van der Waals surface area contributed by atoms with Gasteiger partial charge in [0.25, 0.3) is 0 Å². The summed E-state index contributed by atoms with van der Waals surface area (Å²) in [5, 5.41) is 3.41. The molecule has 0 unspecified atom stereocenters. The van der Waals surface area contributed by atoms with Gasteiger partial charge in [-0.3, -0.25) is 0 Å². The summed E-state index contributed by atoms with van der Waals surface area (Å²) in [6, 6.07) is 5.70. The molecule has 1 fully saturated rings. The first kappa shape index (κ1) is 19.0. The van der Waals surface area contributed by atoms with Gasteiger partial charge in [0.2, 0.25) is 10.0 Å². The van der Waals surface area contributed by atoms with Gasteiger partial charge >= 0.3 is 6.09 Å². The number of hydrogen-bond donors (Lipinski definition) is 0. The number of carbonyl (C=O) groups is 1. The number of benzene rings is 1. The Labute approximate surface area is 146 Å². The molecule has 1 heterocycles. The molecule has 0 aliphatic carbocycles. The Hall–Kier alpha value is -2.29. The molecule has 0 radical (unpaired) electrons. The van der Waals surface area contributed by atoms with Crippen molar-refractivity contribution in [1.29, 1.82) is 0 Å².